The Hall–Kier alpha value is -7.51. The van der Waals surface area contributed by atoms with Crippen molar-refractivity contribution >= 4 is 129 Å². The van der Waals surface area contributed by atoms with E-state index in [1.807, 2.05) is 22.7 Å². The predicted octanol–water partition coefficient (Wildman–Crippen LogP) is 16.5. The number of thiophene rings is 2. The van der Waals surface area contributed by atoms with E-state index in [0.29, 0.717) is 0 Å². The summed E-state index contributed by atoms with van der Waals surface area (Å²) < 4.78 is 14.4. The predicted molar refractivity (Wildman–Crippen MR) is 274 cm³/mol. The molecule has 0 fully saturated rings. The largest absolute Gasteiger partial charge is 0.456 e. The van der Waals surface area contributed by atoms with Crippen LogP contribution in [0.15, 0.2) is 197 Å². The van der Waals surface area contributed by atoms with Gasteiger partial charge < -0.3 is 14.3 Å². The van der Waals surface area contributed by atoms with Crippen molar-refractivity contribution < 1.29 is 4.42 Å². The molecule has 13 aromatic rings. The number of nitrogens with one attached hydrogen (secondary N) is 1. The van der Waals surface area contributed by atoms with Gasteiger partial charge in [-0.3, -0.25) is 4.99 Å². The molecule has 0 bridgehead atoms. The second-order valence-electron chi connectivity index (χ2n) is 16.9. The molecule has 0 spiro atoms. The first kappa shape index (κ1) is 36.0. The Morgan fingerprint density at radius 2 is 1.14 bits per heavy atom. The first-order valence-electron chi connectivity index (χ1n) is 21.9. The van der Waals surface area contributed by atoms with E-state index in [1.165, 1.54) is 73.0 Å². The van der Waals surface area contributed by atoms with Crippen LogP contribution in [0.1, 0.15) is 35.7 Å². The van der Waals surface area contributed by atoms with E-state index in [2.05, 4.69) is 198 Å². The highest BCUT2D eigenvalue weighted by Gasteiger charge is 2.28. The monoisotopic (exact) mass is 855 g/mol. The molecule has 0 saturated heterocycles. The third kappa shape index (κ3) is 5.36. The average molecular weight is 856 g/mol. The lowest BCUT2D eigenvalue weighted by Gasteiger charge is -2.26. The third-order valence-corrected chi connectivity index (χ3v) is 15.8. The van der Waals surface area contributed by atoms with Gasteiger partial charge in [0.1, 0.15) is 17.3 Å². The third-order valence-electron chi connectivity index (χ3n) is 13.3. The van der Waals surface area contributed by atoms with E-state index in [-0.39, 0.29) is 0 Å². The summed E-state index contributed by atoms with van der Waals surface area (Å²) in [4.78, 5) is 5.98. The first-order valence-corrected chi connectivity index (χ1v) is 23.6. The summed E-state index contributed by atoms with van der Waals surface area (Å²) in [5.41, 5.74) is 10.8. The van der Waals surface area contributed by atoms with Crippen LogP contribution >= 0.6 is 22.7 Å². The fourth-order valence-electron chi connectivity index (χ4n) is 10.5. The van der Waals surface area contributed by atoms with Gasteiger partial charge in [0.15, 0.2) is 0 Å². The van der Waals surface area contributed by atoms with Gasteiger partial charge in [0.2, 0.25) is 0 Å². The zero-order chi connectivity index (χ0) is 41.9. The molecular formula is C58H37N3OS2. The Kier molecular flexibility index (Phi) is 7.88. The molecule has 0 saturated carbocycles. The van der Waals surface area contributed by atoms with Gasteiger partial charge in [-0.25, -0.2) is 0 Å². The molecule has 64 heavy (non-hydrogen) atoms. The minimum absolute atomic E-state index is 0.472. The SMILES string of the molecule is C1=C(c2cccc3c2sc2ccccc23)NC(c2ccc3oc4ccccc4c3c2-n2c3ccccc3c3cc4ccccc4cc32)N=C(c2cccc3c2sc2ccccc23)CC1. The van der Waals surface area contributed by atoms with Crippen molar-refractivity contribution in [2.75, 3.05) is 0 Å². The molecule has 6 heteroatoms. The van der Waals surface area contributed by atoms with Crippen molar-refractivity contribution in [1.82, 2.24) is 9.88 Å². The number of rotatable bonds is 4. The van der Waals surface area contributed by atoms with Gasteiger partial charge in [0, 0.05) is 84.6 Å². The minimum atomic E-state index is -0.472. The molecule has 1 aliphatic heterocycles. The van der Waals surface area contributed by atoms with Crippen LogP contribution in [-0.2, 0) is 0 Å². The first-order chi connectivity index (χ1) is 31.7. The topological polar surface area (TPSA) is 42.5 Å². The molecule has 0 radical (unpaired) electrons. The van der Waals surface area contributed by atoms with E-state index in [0.717, 1.165) is 68.5 Å². The van der Waals surface area contributed by atoms with Crippen LogP contribution in [0.5, 0.6) is 0 Å². The lowest BCUT2D eigenvalue weighted by atomic mass is 9.98. The number of hydrogen-bond acceptors (Lipinski definition) is 5. The number of fused-ring (bicyclic) bond motifs is 13. The molecule has 0 aliphatic carbocycles. The molecule has 1 atom stereocenters. The van der Waals surface area contributed by atoms with Crippen LogP contribution in [0.4, 0.5) is 0 Å². The van der Waals surface area contributed by atoms with E-state index in [4.69, 9.17) is 9.41 Å². The molecule has 5 heterocycles. The van der Waals surface area contributed by atoms with Gasteiger partial charge in [-0.1, -0.05) is 140 Å². The summed E-state index contributed by atoms with van der Waals surface area (Å²) in [5, 5.41) is 16.3. The van der Waals surface area contributed by atoms with Crippen LogP contribution in [0.2, 0.25) is 0 Å². The summed E-state index contributed by atoms with van der Waals surface area (Å²) in [6.45, 7) is 0. The quantitative estimate of drug-likeness (QED) is 0.192. The summed E-state index contributed by atoms with van der Waals surface area (Å²) in [6.07, 6.45) is 3.59. The smallest absolute Gasteiger partial charge is 0.147 e. The Morgan fingerprint density at radius 3 is 1.92 bits per heavy atom. The number of aliphatic imine (C=N–C) groups is 1. The Bertz CT molecular complexity index is 4140. The number of allylic oxidation sites excluding steroid dienone is 1. The van der Waals surface area contributed by atoms with E-state index < -0.39 is 6.17 Å². The molecule has 1 unspecified atom stereocenters. The molecule has 302 valence electrons. The van der Waals surface area contributed by atoms with E-state index in [1.54, 1.807) is 0 Å². The molecule has 4 aromatic heterocycles. The van der Waals surface area contributed by atoms with Crippen LogP contribution in [0.25, 0.3) is 106 Å². The van der Waals surface area contributed by atoms with Gasteiger partial charge in [-0.05, 0) is 72.1 Å². The molecule has 0 amide bonds. The second kappa shape index (κ2) is 14.0. The van der Waals surface area contributed by atoms with Crippen molar-refractivity contribution in [3.05, 3.63) is 205 Å². The Balaban J connectivity index is 1.08. The molecule has 1 aliphatic rings. The molecular weight excluding hydrogens is 819 g/mol. The number of aromatic nitrogens is 1. The Labute approximate surface area is 375 Å². The number of hydrogen-bond donors (Lipinski definition) is 1. The summed E-state index contributed by atoms with van der Waals surface area (Å²) in [6, 6.07) is 66.2. The summed E-state index contributed by atoms with van der Waals surface area (Å²) in [7, 11) is 0. The van der Waals surface area contributed by atoms with Crippen molar-refractivity contribution in [3.63, 3.8) is 0 Å². The normalized spacial score (nSPS) is 14.9. The van der Waals surface area contributed by atoms with Gasteiger partial charge in [0.25, 0.3) is 0 Å². The maximum Gasteiger partial charge on any atom is 0.147 e. The van der Waals surface area contributed by atoms with E-state index >= 15 is 0 Å². The zero-order valence-corrected chi connectivity index (χ0v) is 36.1. The summed E-state index contributed by atoms with van der Waals surface area (Å²) >= 11 is 3.74. The van der Waals surface area contributed by atoms with Crippen LogP contribution in [-0.4, -0.2) is 10.3 Å². The fourth-order valence-corrected chi connectivity index (χ4v) is 12.9. The number of nitrogens with zero attached hydrogens (tertiary/aromatic N) is 2. The lowest BCUT2D eigenvalue weighted by Crippen LogP contribution is -2.23. The number of furan rings is 1. The standard InChI is InChI=1S/C58H37N3OS2/c1-2-15-35-33-49-45(32-34(35)14-1)36-16-3-7-26-48(36)61(49)55-44(30-31-51-54(55)43-19-4-8-27-50(43)62-51)58-59-46(41-22-11-20-39-37-17-5-9-28-52(37)63-56(39)41)24-13-25-47(60-58)42-23-12-21-40-38-18-6-10-29-53(38)64-57(40)42/h1-12,14-24,26-33,58-59H,13,25H2. The average Bonchev–Trinajstić information content (AvgIpc) is 4.10. The van der Waals surface area contributed by atoms with Crippen LogP contribution in [0.3, 0.4) is 0 Å². The van der Waals surface area contributed by atoms with Crippen molar-refractivity contribution in [2.45, 2.75) is 19.0 Å². The molecule has 4 nitrogen and oxygen atoms in total. The minimum Gasteiger partial charge on any atom is -0.456 e. The van der Waals surface area contributed by atoms with Crippen LogP contribution in [0, 0.1) is 0 Å². The maximum absolute atomic E-state index is 6.73. The van der Waals surface area contributed by atoms with Crippen LogP contribution < -0.4 is 5.32 Å². The molecule has 1 N–H and O–H groups in total. The molecule has 14 rings (SSSR count). The number of para-hydroxylation sites is 2. The van der Waals surface area contributed by atoms with Crippen molar-refractivity contribution in [1.29, 1.82) is 0 Å². The summed E-state index contributed by atoms with van der Waals surface area (Å²) in [5.74, 6) is 0. The van der Waals surface area contributed by atoms with E-state index in [9.17, 15) is 0 Å². The highest BCUT2D eigenvalue weighted by Crippen LogP contribution is 2.45. The number of benzene rings is 9. The fraction of sp³-hybridized carbons (Fsp3) is 0.0517. The van der Waals surface area contributed by atoms with Gasteiger partial charge in [-0.2, -0.15) is 0 Å². The highest BCUT2D eigenvalue weighted by atomic mass is 32.1. The van der Waals surface area contributed by atoms with Gasteiger partial charge in [-0.15, -0.1) is 22.7 Å². The maximum atomic E-state index is 6.73. The molecule has 9 aromatic carbocycles. The van der Waals surface area contributed by atoms with Crippen molar-refractivity contribution in [2.24, 2.45) is 4.99 Å². The lowest BCUT2D eigenvalue weighted by molar-refractivity contribution is 0.654. The van der Waals surface area contributed by atoms with Gasteiger partial charge >= 0.3 is 0 Å². The van der Waals surface area contributed by atoms with Gasteiger partial charge in [0.05, 0.1) is 22.1 Å². The second-order valence-corrected chi connectivity index (χ2v) is 19.0. The Morgan fingerprint density at radius 1 is 0.516 bits per heavy atom. The van der Waals surface area contributed by atoms with Crippen molar-refractivity contribution in [3.8, 4) is 5.69 Å². The highest BCUT2D eigenvalue weighted by molar-refractivity contribution is 7.26. The zero-order valence-electron chi connectivity index (χ0n) is 34.5.